The number of hydrogen-bond acceptors (Lipinski definition) is 3. The van der Waals surface area contributed by atoms with Crippen LogP contribution in [0, 0.1) is 0 Å². The van der Waals surface area contributed by atoms with Crippen LogP contribution >= 0.6 is 11.3 Å². The first-order chi connectivity index (χ1) is 6.86. The number of hydrogen-bond donors (Lipinski definition) is 0. The summed E-state index contributed by atoms with van der Waals surface area (Å²) in [5, 5.41) is 3.20. The van der Waals surface area contributed by atoms with Crippen LogP contribution in [0.25, 0.3) is 21.3 Å². The Balaban J connectivity index is 2.70. The van der Waals surface area contributed by atoms with Crippen molar-refractivity contribution >= 4 is 32.6 Å². The average Bonchev–Trinajstić information content (AvgIpc) is 2.66. The van der Waals surface area contributed by atoms with Crippen molar-refractivity contribution < 1.29 is 4.42 Å². The van der Waals surface area contributed by atoms with E-state index in [-0.39, 0.29) is 5.43 Å². The molecular formula is C11H6O2S. The Kier molecular flexibility index (Phi) is 1.49. The molecule has 0 aliphatic heterocycles. The molecule has 3 heteroatoms. The Bertz CT molecular complexity index is 663. The number of rotatable bonds is 0. The lowest BCUT2D eigenvalue weighted by Gasteiger charge is -1.95. The van der Waals surface area contributed by atoms with Gasteiger partial charge in [0.25, 0.3) is 0 Å². The highest BCUT2D eigenvalue weighted by Crippen LogP contribution is 2.22. The minimum atomic E-state index is 0.0584. The third kappa shape index (κ3) is 0.930. The lowest BCUT2D eigenvalue weighted by atomic mass is 10.2. The van der Waals surface area contributed by atoms with Crippen molar-refractivity contribution in [2.45, 2.75) is 0 Å². The molecule has 68 valence electrons. The van der Waals surface area contributed by atoms with Gasteiger partial charge in [0.15, 0.2) is 4.90 Å². The van der Waals surface area contributed by atoms with Crippen molar-refractivity contribution in [3.05, 3.63) is 45.9 Å². The van der Waals surface area contributed by atoms with E-state index in [9.17, 15) is 4.79 Å². The fourth-order valence-corrected chi connectivity index (χ4v) is 2.28. The van der Waals surface area contributed by atoms with Crippen LogP contribution in [0.1, 0.15) is 0 Å². The molecule has 2 nitrogen and oxygen atoms in total. The van der Waals surface area contributed by atoms with Crippen molar-refractivity contribution in [1.29, 1.82) is 0 Å². The third-order valence-electron chi connectivity index (χ3n) is 2.21. The maximum absolute atomic E-state index is 11.9. The van der Waals surface area contributed by atoms with E-state index in [1.54, 1.807) is 12.1 Å². The van der Waals surface area contributed by atoms with Gasteiger partial charge >= 0.3 is 0 Å². The number of para-hydroxylation sites is 1. The van der Waals surface area contributed by atoms with E-state index < -0.39 is 0 Å². The topological polar surface area (TPSA) is 30.2 Å². The van der Waals surface area contributed by atoms with Crippen molar-refractivity contribution in [1.82, 2.24) is 0 Å². The van der Waals surface area contributed by atoms with Crippen molar-refractivity contribution in [3.8, 4) is 0 Å². The zero-order chi connectivity index (χ0) is 9.54. The molecule has 0 aliphatic carbocycles. The van der Waals surface area contributed by atoms with Crippen molar-refractivity contribution in [2.75, 3.05) is 0 Å². The first kappa shape index (κ1) is 7.76. The van der Waals surface area contributed by atoms with Gasteiger partial charge in [-0.25, -0.2) is 0 Å². The molecule has 3 rings (SSSR count). The van der Waals surface area contributed by atoms with Crippen LogP contribution in [0.3, 0.4) is 0 Å². The summed E-state index contributed by atoms with van der Waals surface area (Å²) in [6.07, 6.45) is 0. The summed E-state index contributed by atoms with van der Waals surface area (Å²) in [4.78, 5) is 12.6. The second-order valence-corrected chi connectivity index (χ2v) is 3.93. The molecule has 0 fully saturated rings. The van der Waals surface area contributed by atoms with E-state index in [1.807, 2.05) is 23.6 Å². The number of fused-ring (bicyclic) bond motifs is 2. The van der Waals surface area contributed by atoms with Crippen LogP contribution in [0.15, 0.2) is 44.9 Å². The third-order valence-corrected chi connectivity index (χ3v) is 3.00. The molecule has 3 aromatic rings. The van der Waals surface area contributed by atoms with Gasteiger partial charge in [-0.05, 0) is 23.6 Å². The largest absolute Gasteiger partial charge is 0.445 e. The quantitative estimate of drug-likeness (QED) is 0.561. The second kappa shape index (κ2) is 2.69. The zero-order valence-corrected chi connectivity index (χ0v) is 8.01. The lowest BCUT2D eigenvalue weighted by Crippen LogP contribution is -1.99. The predicted molar refractivity (Wildman–Crippen MR) is 57.9 cm³/mol. The predicted octanol–water partition coefficient (Wildman–Crippen LogP) is 3.01. The monoisotopic (exact) mass is 202 g/mol. The van der Waals surface area contributed by atoms with Crippen LogP contribution in [-0.2, 0) is 0 Å². The van der Waals surface area contributed by atoms with E-state index in [1.165, 1.54) is 11.3 Å². The Labute approximate surface area is 83.4 Å². The van der Waals surface area contributed by atoms with Crippen LogP contribution in [-0.4, -0.2) is 0 Å². The molecule has 0 bridgehead atoms. The Morgan fingerprint density at radius 1 is 1.07 bits per heavy atom. The minimum absolute atomic E-state index is 0.0584. The molecule has 2 aromatic heterocycles. The van der Waals surface area contributed by atoms with Gasteiger partial charge in [-0.1, -0.05) is 12.1 Å². The standard InChI is InChI=1S/C11H6O2S/c12-10-7-3-1-2-4-9(7)13-11-8(10)5-6-14-11/h1-6H. The normalized spacial score (nSPS) is 11.1. The van der Waals surface area contributed by atoms with Crippen LogP contribution in [0.5, 0.6) is 0 Å². The highest BCUT2D eigenvalue weighted by atomic mass is 32.1. The van der Waals surface area contributed by atoms with Crippen LogP contribution in [0.4, 0.5) is 0 Å². The van der Waals surface area contributed by atoms with Gasteiger partial charge in [0.1, 0.15) is 5.58 Å². The summed E-state index contributed by atoms with van der Waals surface area (Å²) < 4.78 is 5.59. The molecule has 0 aliphatic rings. The van der Waals surface area contributed by atoms with E-state index in [2.05, 4.69) is 0 Å². The molecule has 2 heterocycles. The Morgan fingerprint density at radius 2 is 1.93 bits per heavy atom. The molecule has 0 N–H and O–H groups in total. The summed E-state index contributed by atoms with van der Waals surface area (Å²) in [6.45, 7) is 0. The fraction of sp³-hybridized carbons (Fsp3) is 0. The highest BCUT2D eigenvalue weighted by Gasteiger charge is 2.06. The fourth-order valence-electron chi connectivity index (χ4n) is 1.53. The van der Waals surface area contributed by atoms with Gasteiger partial charge in [0, 0.05) is 0 Å². The molecule has 0 saturated carbocycles. The first-order valence-corrected chi connectivity index (χ1v) is 5.13. The van der Waals surface area contributed by atoms with E-state index in [4.69, 9.17) is 4.42 Å². The van der Waals surface area contributed by atoms with Gasteiger partial charge in [-0.3, -0.25) is 4.79 Å². The molecular weight excluding hydrogens is 196 g/mol. The van der Waals surface area contributed by atoms with Crippen LogP contribution in [0.2, 0.25) is 0 Å². The molecule has 0 saturated heterocycles. The Hall–Kier alpha value is -1.61. The molecule has 0 spiro atoms. The first-order valence-electron chi connectivity index (χ1n) is 4.25. The van der Waals surface area contributed by atoms with Gasteiger partial charge in [0.05, 0.1) is 10.8 Å². The smallest absolute Gasteiger partial charge is 0.201 e. The van der Waals surface area contributed by atoms with Crippen LogP contribution < -0.4 is 5.43 Å². The summed E-state index contributed by atoms with van der Waals surface area (Å²) >= 11 is 1.45. The summed E-state index contributed by atoms with van der Waals surface area (Å²) in [6, 6.07) is 9.12. The zero-order valence-electron chi connectivity index (χ0n) is 7.19. The summed E-state index contributed by atoms with van der Waals surface area (Å²) in [7, 11) is 0. The summed E-state index contributed by atoms with van der Waals surface area (Å²) in [5.74, 6) is 0. The minimum Gasteiger partial charge on any atom is -0.445 e. The number of benzene rings is 1. The Morgan fingerprint density at radius 3 is 2.86 bits per heavy atom. The SMILES string of the molecule is O=c1c2ccccc2oc2sccc12. The van der Waals surface area contributed by atoms with Crippen molar-refractivity contribution in [3.63, 3.8) is 0 Å². The molecule has 1 aromatic carbocycles. The van der Waals surface area contributed by atoms with Crippen molar-refractivity contribution in [2.24, 2.45) is 0 Å². The lowest BCUT2D eigenvalue weighted by molar-refractivity contribution is 0.669. The second-order valence-electron chi connectivity index (χ2n) is 3.05. The maximum Gasteiger partial charge on any atom is 0.201 e. The average molecular weight is 202 g/mol. The van der Waals surface area contributed by atoms with Gasteiger partial charge in [-0.15, -0.1) is 11.3 Å². The molecule has 0 amide bonds. The van der Waals surface area contributed by atoms with E-state index in [0.29, 0.717) is 21.3 Å². The van der Waals surface area contributed by atoms with E-state index in [0.717, 1.165) is 0 Å². The molecule has 14 heavy (non-hydrogen) atoms. The highest BCUT2D eigenvalue weighted by molar-refractivity contribution is 7.16. The van der Waals surface area contributed by atoms with Gasteiger partial charge in [0.2, 0.25) is 5.43 Å². The molecule has 0 unspecified atom stereocenters. The van der Waals surface area contributed by atoms with Gasteiger partial charge in [-0.2, -0.15) is 0 Å². The molecule has 0 radical (unpaired) electrons. The number of thiophene rings is 1. The summed E-state index contributed by atoms with van der Waals surface area (Å²) in [5.41, 5.74) is 0.718. The maximum atomic E-state index is 11.9. The molecule has 0 atom stereocenters. The van der Waals surface area contributed by atoms with Gasteiger partial charge < -0.3 is 4.42 Å². The van der Waals surface area contributed by atoms with E-state index >= 15 is 0 Å².